The summed E-state index contributed by atoms with van der Waals surface area (Å²) in [5, 5.41) is 5.68. The molecule has 14 aromatic rings. The van der Waals surface area contributed by atoms with E-state index in [2.05, 4.69) is 252 Å². The molecule has 0 bridgehead atoms. The van der Waals surface area contributed by atoms with Crippen LogP contribution in [0.3, 0.4) is 0 Å². The summed E-state index contributed by atoms with van der Waals surface area (Å²) in [4.78, 5) is 2.34. The number of furan rings is 2. The number of anilines is 3. The van der Waals surface area contributed by atoms with Crippen LogP contribution >= 0.6 is 0 Å². The Bertz CT molecular complexity index is 4130. The Morgan fingerprint density at radius 3 is 1.25 bits per heavy atom. The highest BCUT2D eigenvalue weighted by Crippen LogP contribution is 2.46. The van der Waals surface area contributed by atoms with Gasteiger partial charge in [0.25, 0.3) is 0 Å². The normalized spacial score (nSPS) is 11.6. The third kappa shape index (κ3) is 6.92. The quantitative estimate of drug-likeness (QED) is 0.145. The molecule has 3 aromatic heterocycles. The average Bonchev–Trinajstić information content (AvgIpc) is 4.15. The molecule has 0 spiro atoms. The minimum atomic E-state index is 0.894. The number of nitrogens with zero attached hydrogens (tertiary/aromatic N) is 2. The van der Waals surface area contributed by atoms with Crippen LogP contribution in [0.4, 0.5) is 17.1 Å². The monoisotopic (exact) mass is 920 g/mol. The first-order valence-corrected chi connectivity index (χ1v) is 24.5. The van der Waals surface area contributed by atoms with E-state index in [9.17, 15) is 0 Å². The smallest absolute Gasteiger partial charge is 0.143 e. The lowest BCUT2D eigenvalue weighted by atomic mass is 9.96. The highest BCUT2D eigenvalue weighted by atomic mass is 16.3. The van der Waals surface area contributed by atoms with Crippen molar-refractivity contribution in [3.8, 4) is 61.5 Å². The minimum absolute atomic E-state index is 0.894. The van der Waals surface area contributed by atoms with Gasteiger partial charge in [0.2, 0.25) is 0 Å². The van der Waals surface area contributed by atoms with E-state index in [0.29, 0.717) is 0 Å². The van der Waals surface area contributed by atoms with Crippen LogP contribution in [0, 0.1) is 0 Å². The summed E-state index contributed by atoms with van der Waals surface area (Å²) in [6, 6.07) is 95.3. The number of fused-ring (bicyclic) bond motifs is 7. The Morgan fingerprint density at radius 2 is 0.722 bits per heavy atom. The van der Waals surface area contributed by atoms with E-state index in [4.69, 9.17) is 8.83 Å². The second-order valence-corrected chi connectivity index (χ2v) is 18.4. The van der Waals surface area contributed by atoms with Crippen molar-refractivity contribution in [3.05, 3.63) is 267 Å². The minimum Gasteiger partial charge on any atom is -0.455 e. The lowest BCUT2D eigenvalue weighted by Crippen LogP contribution is -2.09. The summed E-state index contributed by atoms with van der Waals surface area (Å²) in [6.07, 6.45) is 0. The van der Waals surface area contributed by atoms with E-state index >= 15 is 0 Å². The number of para-hydroxylation sites is 5. The molecule has 4 heteroatoms. The number of hydrogen-bond donors (Lipinski definition) is 0. The molecular formula is C68H44N2O2. The molecule has 0 aliphatic heterocycles. The van der Waals surface area contributed by atoms with E-state index in [-0.39, 0.29) is 0 Å². The molecule has 0 radical (unpaired) electrons. The summed E-state index contributed by atoms with van der Waals surface area (Å²) < 4.78 is 15.4. The van der Waals surface area contributed by atoms with Gasteiger partial charge in [-0.25, -0.2) is 0 Å². The standard InChI is InChI=1S/C68H44N2O2/c1-4-16-48(17-5-1)65-61-44-50(36-43-62(61)70(51-20-8-3-9-21-51)66(65)49-18-6-2-7-19-49)45-30-37-52(38-31-45)69(53-39-32-46(33-40-53)55-24-14-26-59-57-22-10-12-28-63(57)71-67(55)59)54-41-34-47(35-42-54)56-25-15-27-60-58-23-11-13-29-64(58)72-68(56)60/h1-44H. The second kappa shape index (κ2) is 17.1. The fourth-order valence-electron chi connectivity index (χ4n) is 10.9. The third-order valence-electron chi connectivity index (χ3n) is 14.2. The summed E-state index contributed by atoms with van der Waals surface area (Å²) >= 11 is 0. The Morgan fingerprint density at radius 1 is 0.292 bits per heavy atom. The van der Waals surface area contributed by atoms with Gasteiger partial charge in [-0.3, -0.25) is 0 Å². The first-order valence-electron chi connectivity index (χ1n) is 24.5. The van der Waals surface area contributed by atoms with Crippen LogP contribution in [-0.4, -0.2) is 4.57 Å². The van der Waals surface area contributed by atoms with E-state index in [0.717, 1.165) is 106 Å². The van der Waals surface area contributed by atoms with Crippen LogP contribution in [0.15, 0.2) is 276 Å². The molecule has 14 rings (SSSR count). The van der Waals surface area contributed by atoms with Gasteiger partial charge in [-0.2, -0.15) is 0 Å². The van der Waals surface area contributed by atoms with Gasteiger partial charge < -0.3 is 18.3 Å². The summed E-state index contributed by atoms with van der Waals surface area (Å²) in [6.45, 7) is 0. The van der Waals surface area contributed by atoms with Crippen molar-refractivity contribution in [2.45, 2.75) is 0 Å². The molecule has 3 heterocycles. The van der Waals surface area contributed by atoms with Crippen LogP contribution in [0.2, 0.25) is 0 Å². The molecule has 0 aliphatic rings. The van der Waals surface area contributed by atoms with Crippen molar-refractivity contribution in [2.75, 3.05) is 4.90 Å². The molecule has 0 atom stereocenters. The Kier molecular flexibility index (Phi) is 9.82. The molecule has 0 N–H and O–H groups in total. The highest BCUT2D eigenvalue weighted by molar-refractivity contribution is 6.11. The van der Waals surface area contributed by atoms with Crippen LogP contribution < -0.4 is 4.90 Å². The number of hydrogen-bond acceptors (Lipinski definition) is 3. The summed E-state index contributed by atoms with van der Waals surface area (Å²) in [5.41, 5.74) is 20.3. The molecule has 0 amide bonds. The molecule has 0 aliphatic carbocycles. The van der Waals surface area contributed by atoms with Crippen molar-refractivity contribution in [2.24, 2.45) is 0 Å². The van der Waals surface area contributed by atoms with Crippen LogP contribution in [0.25, 0.3) is 116 Å². The maximum Gasteiger partial charge on any atom is 0.143 e. The van der Waals surface area contributed by atoms with Crippen LogP contribution in [0.1, 0.15) is 0 Å². The van der Waals surface area contributed by atoms with Crippen molar-refractivity contribution in [3.63, 3.8) is 0 Å². The molecule has 0 saturated carbocycles. The van der Waals surface area contributed by atoms with Crippen molar-refractivity contribution < 1.29 is 8.83 Å². The number of rotatable bonds is 9. The van der Waals surface area contributed by atoms with E-state index < -0.39 is 0 Å². The Hall–Kier alpha value is -9.64. The molecule has 4 nitrogen and oxygen atoms in total. The predicted octanol–water partition coefficient (Wildman–Crippen LogP) is 19.2. The van der Waals surface area contributed by atoms with E-state index in [1.807, 2.05) is 24.3 Å². The number of aromatic nitrogens is 1. The first-order chi connectivity index (χ1) is 35.7. The maximum absolute atomic E-state index is 6.48. The number of benzene rings is 11. The highest BCUT2D eigenvalue weighted by Gasteiger charge is 2.23. The van der Waals surface area contributed by atoms with Crippen molar-refractivity contribution in [1.82, 2.24) is 4.57 Å². The van der Waals surface area contributed by atoms with Gasteiger partial charge in [-0.1, -0.05) is 194 Å². The molecule has 11 aromatic carbocycles. The van der Waals surface area contributed by atoms with Gasteiger partial charge in [-0.15, -0.1) is 0 Å². The van der Waals surface area contributed by atoms with Gasteiger partial charge in [0, 0.05) is 66.4 Å². The topological polar surface area (TPSA) is 34.5 Å². The first kappa shape index (κ1) is 41.3. The van der Waals surface area contributed by atoms with Gasteiger partial charge >= 0.3 is 0 Å². The lowest BCUT2D eigenvalue weighted by molar-refractivity contribution is 0.669. The zero-order chi connectivity index (χ0) is 47.5. The maximum atomic E-state index is 6.48. The second-order valence-electron chi connectivity index (χ2n) is 18.4. The lowest BCUT2D eigenvalue weighted by Gasteiger charge is -2.26. The zero-order valence-corrected chi connectivity index (χ0v) is 39.1. The van der Waals surface area contributed by atoms with Crippen molar-refractivity contribution in [1.29, 1.82) is 0 Å². The fraction of sp³-hybridized carbons (Fsp3) is 0. The van der Waals surface area contributed by atoms with Crippen molar-refractivity contribution >= 4 is 71.8 Å². The molecule has 0 unspecified atom stereocenters. The van der Waals surface area contributed by atoms with Crippen LogP contribution in [0.5, 0.6) is 0 Å². The summed E-state index contributed by atoms with van der Waals surface area (Å²) in [5.74, 6) is 0. The third-order valence-corrected chi connectivity index (χ3v) is 14.2. The summed E-state index contributed by atoms with van der Waals surface area (Å²) in [7, 11) is 0. The van der Waals surface area contributed by atoms with Gasteiger partial charge in [-0.05, 0) is 106 Å². The molecule has 338 valence electrons. The van der Waals surface area contributed by atoms with Gasteiger partial charge in [0.1, 0.15) is 22.3 Å². The molecule has 72 heavy (non-hydrogen) atoms. The molecular weight excluding hydrogens is 877 g/mol. The van der Waals surface area contributed by atoms with E-state index in [1.165, 1.54) is 27.8 Å². The zero-order valence-electron chi connectivity index (χ0n) is 39.1. The van der Waals surface area contributed by atoms with Crippen LogP contribution in [-0.2, 0) is 0 Å². The average molecular weight is 921 g/mol. The largest absolute Gasteiger partial charge is 0.455 e. The molecule has 0 saturated heterocycles. The SMILES string of the molecule is c1ccc(-c2c(-c3ccccc3)n(-c3ccccc3)c3ccc(-c4ccc(N(c5ccc(-c6cccc7c6oc6ccccc67)cc5)c5ccc(-c6cccc7c6oc6ccccc67)cc5)cc4)cc23)cc1. The Labute approximate surface area is 416 Å². The van der Waals surface area contributed by atoms with Gasteiger partial charge in [0.15, 0.2) is 0 Å². The van der Waals surface area contributed by atoms with E-state index in [1.54, 1.807) is 0 Å². The Balaban J connectivity index is 0.882. The predicted molar refractivity (Wildman–Crippen MR) is 300 cm³/mol. The fourth-order valence-corrected chi connectivity index (χ4v) is 10.9. The van der Waals surface area contributed by atoms with Gasteiger partial charge in [0.05, 0.1) is 11.2 Å². The molecule has 0 fully saturated rings.